The van der Waals surface area contributed by atoms with Gasteiger partial charge in [-0.1, -0.05) is 53.1 Å². The summed E-state index contributed by atoms with van der Waals surface area (Å²) in [6.07, 6.45) is 4.60. The molecule has 0 spiro atoms. The molecular weight excluding hydrogens is 484 g/mol. The topological polar surface area (TPSA) is 52.8 Å². The van der Waals surface area contributed by atoms with Gasteiger partial charge in [0, 0.05) is 28.7 Å². The minimum absolute atomic E-state index is 0.0232. The number of rotatable bonds is 6. The van der Waals surface area contributed by atoms with Crippen molar-refractivity contribution in [1.82, 2.24) is 4.57 Å². The summed E-state index contributed by atoms with van der Waals surface area (Å²) in [5.74, 6) is 0.650. The van der Waals surface area contributed by atoms with Crippen LogP contribution in [-0.2, 0) is 16.4 Å². The quantitative estimate of drug-likeness (QED) is 0.382. The first-order chi connectivity index (χ1) is 15.6. The SMILES string of the molecule is COc1ccc(Cl)cc1C(=O)/N=c1\sc(C(C)(C)C)cn1CC1CC(O[Si](C)(C)C(C)(C)C)C1. The van der Waals surface area contributed by atoms with E-state index in [1.807, 2.05) is 0 Å². The molecule has 1 aliphatic carbocycles. The first-order valence-corrected chi connectivity index (χ1v) is 16.0. The van der Waals surface area contributed by atoms with Crippen LogP contribution in [0.1, 0.15) is 69.6 Å². The number of hydrogen-bond acceptors (Lipinski definition) is 4. The van der Waals surface area contributed by atoms with Crippen molar-refractivity contribution in [2.24, 2.45) is 10.9 Å². The molecule has 34 heavy (non-hydrogen) atoms. The summed E-state index contributed by atoms with van der Waals surface area (Å²) in [7, 11) is -0.211. The maximum absolute atomic E-state index is 13.1. The summed E-state index contributed by atoms with van der Waals surface area (Å²) in [5.41, 5.74) is 0.351. The van der Waals surface area contributed by atoms with Crippen molar-refractivity contribution in [2.45, 2.75) is 90.6 Å². The number of halogens is 1. The van der Waals surface area contributed by atoms with Crippen LogP contribution in [0, 0.1) is 5.92 Å². The maximum atomic E-state index is 13.1. The van der Waals surface area contributed by atoms with Crippen molar-refractivity contribution < 1.29 is 14.0 Å². The van der Waals surface area contributed by atoms with Crippen LogP contribution in [0.25, 0.3) is 0 Å². The third-order valence-corrected chi connectivity index (χ3v) is 13.2. The lowest BCUT2D eigenvalue weighted by Gasteiger charge is -2.45. The Hall–Kier alpha value is -1.41. The zero-order chi connectivity index (χ0) is 25.5. The number of aromatic nitrogens is 1. The number of thiazole rings is 1. The maximum Gasteiger partial charge on any atom is 0.283 e. The Morgan fingerprint density at radius 1 is 1.21 bits per heavy atom. The lowest BCUT2D eigenvalue weighted by molar-refractivity contribution is 0.0442. The molecule has 0 atom stereocenters. The van der Waals surface area contributed by atoms with Gasteiger partial charge in [0.05, 0.1) is 12.7 Å². The van der Waals surface area contributed by atoms with Gasteiger partial charge in [0.2, 0.25) is 0 Å². The zero-order valence-electron chi connectivity index (χ0n) is 22.0. The van der Waals surface area contributed by atoms with Crippen molar-refractivity contribution >= 4 is 37.2 Å². The summed E-state index contributed by atoms with van der Waals surface area (Å²) in [6, 6.07) is 5.02. The summed E-state index contributed by atoms with van der Waals surface area (Å²) in [5, 5.41) is 0.700. The van der Waals surface area contributed by atoms with E-state index >= 15 is 0 Å². The van der Waals surface area contributed by atoms with Crippen molar-refractivity contribution in [3.8, 4) is 5.75 Å². The van der Waals surface area contributed by atoms with Gasteiger partial charge in [-0.2, -0.15) is 4.99 Å². The largest absolute Gasteiger partial charge is 0.496 e. The Kier molecular flexibility index (Phi) is 7.93. The van der Waals surface area contributed by atoms with Gasteiger partial charge in [0.15, 0.2) is 13.1 Å². The molecule has 8 heteroatoms. The monoisotopic (exact) mass is 522 g/mol. The van der Waals surface area contributed by atoms with Crippen LogP contribution in [0.15, 0.2) is 29.4 Å². The summed E-state index contributed by atoms with van der Waals surface area (Å²) in [4.78, 5) is 19.5. The highest BCUT2D eigenvalue weighted by molar-refractivity contribution is 7.09. The van der Waals surface area contributed by atoms with E-state index in [1.165, 1.54) is 4.88 Å². The number of carbonyl (C=O) groups excluding carboxylic acids is 1. The van der Waals surface area contributed by atoms with Crippen LogP contribution >= 0.6 is 22.9 Å². The third-order valence-electron chi connectivity index (χ3n) is 6.96. The van der Waals surface area contributed by atoms with Crippen LogP contribution in [0.4, 0.5) is 0 Å². The van der Waals surface area contributed by atoms with Crippen LogP contribution in [-0.4, -0.2) is 32.0 Å². The van der Waals surface area contributed by atoms with Crippen molar-refractivity contribution in [2.75, 3.05) is 7.11 Å². The standard InChI is InChI=1S/C26H39ClN2O3SSi/c1-25(2,3)22-16-29(15-17-12-19(13-17)32-34(8,9)26(4,5)6)24(33-22)28-23(30)20-14-18(27)10-11-21(20)31-7/h10-11,14,16-17,19H,12-13,15H2,1-9H3/b28-24-. The van der Waals surface area contributed by atoms with E-state index in [0.29, 0.717) is 33.2 Å². The number of hydrogen-bond donors (Lipinski definition) is 0. The van der Waals surface area contributed by atoms with Gasteiger partial charge in [0.1, 0.15) is 5.75 Å². The van der Waals surface area contributed by atoms with Gasteiger partial charge in [-0.25, -0.2) is 0 Å². The second-order valence-electron chi connectivity index (χ2n) is 11.9. The minimum atomic E-state index is -1.75. The molecule has 1 fully saturated rings. The molecule has 1 aliphatic rings. The molecular formula is C26H39ClN2O3SSi. The summed E-state index contributed by atoms with van der Waals surface area (Å²) in [6.45, 7) is 18.9. The minimum Gasteiger partial charge on any atom is -0.496 e. The fourth-order valence-corrected chi connectivity index (χ4v) is 6.34. The lowest BCUT2D eigenvalue weighted by Crippen LogP contribution is -2.48. The lowest BCUT2D eigenvalue weighted by atomic mass is 9.82. The highest BCUT2D eigenvalue weighted by Crippen LogP contribution is 2.42. The van der Waals surface area contributed by atoms with E-state index < -0.39 is 8.32 Å². The average molecular weight is 523 g/mol. The highest BCUT2D eigenvalue weighted by atomic mass is 35.5. The van der Waals surface area contributed by atoms with E-state index in [0.717, 1.165) is 19.4 Å². The fourth-order valence-electron chi connectivity index (χ4n) is 3.73. The van der Waals surface area contributed by atoms with Gasteiger partial charge in [-0.15, -0.1) is 11.3 Å². The summed E-state index contributed by atoms with van der Waals surface area (Å²) >= 11 is 7.71. The van der Waals surface area contributed by atoms with Crippen LogP contribution in [0.2, 0.25) is 23.2 Å². The number of carbonyl (C=O) groups is 1. The number of ether oxygens (including phenoxy) is 1. The number of amides is 1. The van der Waals surface area contributed by atoms with E-state index in [2.05, 4.69) is 70.4 Å². The number of methoxy groups -OCH3 is 1. The third kappa shape index (κ3) is 6.22. The fraction of sp³-hybridized carbons (Fsp3) is 0.615. The molecule has 188 valence electrons. The molecule has 1 aromatic carbocycles. The number of nitrogens with zero attached hydrogens (tertiary/aromatic N) is 2. The van der Waals surface area contributed by atoms with Crippen LogP contribution in [0.5, 0.6) is 5.75 Å². The Morgan fingerprint density at radius 2 is 1.85 bits per heavy atom. The molecule has 0 bridgehead atoms. The Balaban J connectivity index is 1.82. The van der Waals surface area contributed by atoms with E-state index in [4.69, 9.17) is 20.8 Å². The normalized spacial score (nSPS) is 19.8. The molecule has 0 radical (unpaired) electrons. The molecule has 1 heterocycles. The van der Waals surface area contributed by atoms with Crippen LogP contribution < -0.4 is 9.54 Å². The predicted octanol–water partition coefficient (Wildman–Crippen LogP) is 7.05. The molecule has 1 saturated carbocycles. The van der Waals surface area contributed by atoms with Gasteiger partial charge in [-0.05, 0) is 60.5 Å². The van der Waals surface area contributed by atoms with E-state index in [-0.39, 0.29) is 16.4 Å². The Labute approximate surface area is 214 Å². The molecule has 1 amide bonds. The molecule has 0 saturated heterocycles. The van der Waals surface area contributed by atoms with Crippen molar-refractivity contribution in [3.63, 3.8) is 0 Å². The van der Waals surface area contributed by atoms with Gasteiger partial charge >= 0.3 is 0 Å². The molecule has 0 aliphatic heterocycles. The van der Waals surface area contributed by atoms with Gasteiger partial charge in [0.25, 0.3) is 5.91 Å². The molecule has 5 nitrogen and oxygen atoms in total. The highest BCUT2D eigenvalue weighted by Gasteiger charge is 2.42. The van der Waals surface area contributed by atoms with Gasteiger partial charge in [-0.3, -0.25) is 4.79 Å². The molecule has 0 unspecified atom stereocenters. The Bertz CT molecular complexity index is 1100. The molecule has 0 N–H and O–H groups in total. The second kappa shape index (κ2) is 9.92. The van der Waals surface area contributed by atoms with Crippen molar-refractivity contribution in [3.05, 3.63) is 44.7 Å². The smallest absolute Gasteiger partial charge is 0.283 e. The van der Waals surface area contributed by atoms with Gasteiger partial charge < -0.3 is 13.7 Å². The molecule has 1 aromatic heterocycles. The molecule has 2 aromatic rings. The first-order valence-electron chi connectivity index (χ1n) is 11.9. The van der Waals surface area contributed by atoms with E-state index in [1.54, 1.807) is 36.6 Å². The van der Waals surface area contributed by atoms with Crippen molar-refractivity contribution in [1.29, 1.82) is 0 Å². The molecule has 3 rings (SSSR count). The zero-order valence-corrected chi connectivity index (χ0v) is 24.6. The Morgan fingerprint density at radius 3 is 2.41 bits per heavy atom. The van der Waals surface area contributed by atoms with Crippen LogP contribution in [0.3, 0.4) is 0 Å². The average Bonchev–Trinajstić information content (AvgIpc) is 3.08. The predicted molar refractivity (Wildman–Crippen MR) is 144 cm³/mol. The second-order valence-corrected chi connectivity index (χ2v) is 18.1. The number of benzene rings is 1. The first kappa shape index (κ1) is 27.2. The summed E-state index contributed by atoms with van der Waals surface area (Å²) < 4.78 is 14.1. The van der Waals surface area contributed by atoms with E-state index in [9.17, 15) is 4.79 Å².